The van der Waals surface area contributed by atoms with Crippen molar-refractivity contribution in [1.82, 2.24) is 16.0 Å². The van der Waals surface area contributed by atoms with Gasteiger partial charge < -0.3 is 38.3 Å². The van der Waals surface area contributed by atoms with Crippen LogP contribution in [0.3, 0.4) is 0 Å². The minimum absolute atomic E-state index is 0.100. The summed E-state index contributed by atoms with van der Waals surface area (Å²) >= 11 is 1.57. The van der Waals surface area contributed by atoms with Gasteiger partial charge in [0.1, 0.15) is 12.1 Å². The number of carbonyl (C=O) groups excluding carboxylic acids is 3. The van der Waals surface area contributed by atoms with Crippen LogP contribution in [0.1, 0.15) is 39.5 Å². The van der Waals surface area contributed by atoms with Gasteiger partial charge in [0, 0.05) is 6.54 Å². The Balaban J connectivity index is 4.80. The Hall–Kier alpha value is -2.54. The average molecular weight is 476 g/mol. The number of guanidine groups is 1. The molecule has 0 fully saturated rings. The molecule has 4 atom stereocenters. The zero-order valence-corrected chi connectivity index (χ0v) is 19.7. The highest BCUT2D eigenvalue weighted by atomic mass is 32.2. The van der Waals surface area contributed by atoms with Crippen molar-refractivity contribution in [3.63, 3.8) is 0 Å². The van der Waals surface area contributed by atoms with Crippen molar-refractivity contribution >= 4 is 41.4 Å². The highest BCUT2D eigenvalue weighted by Crippen LogP contribution is 2.09. The van der Waals surface area contributed by atoms with Crippen molar-refractivity contribution in [2.75, 3.05) is 25.1 Å². The highest BCUT2D eigenvalue weighted by molar-refractivity contribution is 7.98. The number of hydrogen-bond donors (Lipinski definition) is 7. The molecule has 0 spiro atoms. The molecule has 0 aliphatic heterocycles. The first kappa shape index (κ1) is 29.5. The van der Waals surface area contributed by atoms with Crippen molar-refractivity contribution in [1.29, 1.82) is 0 Å². The number of aliphatic imine (C=N–C) groups is 1. The molecule has 184 valence electrons. The van der Waals surface area contributed by atoms with E-state index in [0.29, 0.717) is 25.0 Å². The Morgan fingerprint density at radius 3 is 2.28 bits per heavy atom. The molecule has 13 heteroatoms. The third-order valence-electron chi connectivity index (χ3n) is 4.76. The number of carboxylic acid groups (broad SMARTS) is 1. The maximum absolute atomic E-state index is 12.6. The summed E-state index contributed by atoms with van der Waals surface area (Å²) in [6.45, 7) is 3.47. The second-order valence-electron chi connectivity index (χ2n) is 7.38. The molecule has 0 aromatic rings. The first-order valence-electron chi connectivity index (χ1n) is 10.4. The smallest absolute Gasteiger partial charge is 0.326 e. The van der Waals surface area contributed by atoms with Crippen molar-refractivity contribution < 1.29 is 24.3 Å². The molecule has 0 aliphatic rings. The van der Waals surface area contributed by atoms with Crippen molar-refractivity contribution in [2.24, 2.45) is 28.1 Å². The van der Waals surface area contributed by atoms with E-state index in [1.54, 1.807) is 18.7 Å². The molecule has 12 nitrogen and oxygen atoms in total. The molecule has 3 amide bonds. The number of carboxylic acids is 1. The summed E-state index contributed by atoms with van der Waals surface area (Å²) in [6.07, 6.45) is 3.46. The van der Waals surface area contributed by atoms with Gasteiger partial charge in [0.2, 0.25) is 17.7 Å². The van der Waals surface area contributed by atoms with Gasteiger partial charge in [0.05, 0.1) is 12.6 Å². The number of nitrogens with zero attached hydrogens (tertiary/aromatic N) is 1. The summed E-state index contributed by atoms with van der Waals surface area (Å²) < 4.78 is 0. The third-order valence-corrected chi connectivity index (χ3v) is 5.41. The topological polar surface area (TPSA) is 215 Å². The predicted molar refractivity (Wildman–Crippen MR) is 125 cm³/mol. The number of amides is 3. The van der Waals surface area contributed by atoms with Crippen LogP contribution in [0, 0.1) is 5.92 Å². The van der Waals surface area contributed by atoms with Gasteiger partial charge in [-0.15, -0.1) is 0 Å². The van der Waals surface area contributed by atoms with E-state index >= 15 is 0 Å². The van der Waals surface area contributed by atoms with E-state index in [1.807, 2.05) is 13.2 Å². The Morgan fingerprint density at radius 1 is 1.09 bits per heavy atom. The van der Waals surface area contributed by atoms with E-state index in [9.17, 15) is 24.3 Å². The van der Waals surface area contributed by atoms with Gasteiger partial charge in [-0.1, -0.05) is 20.3 Å². The number of thioether (sulfide) groups is 1. The lowest BCUT2D eigenvalue weighted by molar-refractivity contribution is -0.142. The van der Waals surface area contributed by atoms with Gasteiger partial charge in [-0.3, -0.25) is 19.4 Å². The number of hydrogen-bond acceptors (Lipinski definition) is 7. The molecular formula is C19H37N7O5S. The maximum Gasteiger partial charge on any atom is 0.326 e. The van der Waals surface area contributed by atoms with Crippen LogP contribution in [0.2, 0.25) is 0 Å². The fourth-order valence-electron chi connectivity index (χ4n) is 2.62. The quantitative estimate of drug-likeness (QED) is 0.0771. The molecule has 0 saturated heterocycles. The van der Waals surface area contributed by atoms with E-state index in [1.165, 1.54) is 0 Å². The number of aliphatic carboxylic acids is 1. The summed E-state index contributed by atoms with van der Waals surface area (Å²) in [6, 6.07) is -2.75. The van der Waals surface area contributed by atoms with E-state index in [4.69, 9.17) is 17.2 Å². The third kappa shape index (κ3) is 12.3. The predicted octanol–water partition coefficient (Wildman–Crippen LogP) is -1.66. The summed E-state index contributed by atoms with van der Waals surface area (Å²) in [4.78, 5) is 52.2. The molecule has 0 aromatic carbocycles. The maximum atomic E-state index is 12.6. The van der Waals surface area contributed by atoms with Crippen molar-refractivity contribution in [2.45, 2.75) is 57.7 Å². The lowest BCUT2D eigenvalue weighted by Crippen LogP contribution is -2.55. The SMILES string of the molecule is CCC(C)C(NC(=O)C(N)CCSC)C(=O)NCC(=O)NC(CCCN=C(N)N)C(=O)O. The Kier molecular flexibility index (Phi) is 14.9. The normalized spacial score (nSPS) is 14.4. The number of nitrogens with two attached hydrogens (primary N) is 3. The monoisotopic (exact) mass is 475 g/mol. The number of rotatable bonds is 16. The molecule has 0 aromatic heterocycles. The van der Waals surface area contributed by atoms with Crippen LogP contribution in [-0.2, 0) is 19.2 Å². The van der Waals surface area contributed by atoms with E-state index in [-0.39, 0.29) is 24.8 Å². The molecule has 0 bridgehead atoms. The van der Waals surface area contributed by atoms with Crippen LogP contribution < -0.4 is 33.2 Å². The summed E-state index contributed by atoms with van der Waals surface area (Å²) in [5, 5.41) is 16.7. The first-order chi connectivity index (χ1) is 15.0. The molecule has 0 rings (SSSR count). The summed E-state index contributed by atoms with van der Waals surface area (Å²) in [5.74, 6) is -2.44. The van der Waals surface area contributed by atoms with E-state index in [2.05, 4.69) is 20.9 Å². The van der Waals surface area contributed by atoms with Gasteiger partial charge in [0.25, 0.3) is 0 Å². The molecule has 0 aliphatic carbocycles. The fraction of sp³-hybridized carbons (Fsp3) is 0.737. The largest absolute Gasteiger partial charge is 0.480 e. The second kappa shape index (κ2) is 16.1. The first-order valence-corrected chi connectivity index (χ1v) is 11.8. The minimum Gasteiger partial charge on any atom is -0.480 e. The minimum atomic E-state index is -1.21. The average Bonchev–Trinajstić information content (AvgIpc) is 2.74. The summed E-state index contributed by atoms with van der Waals surface area (Å²) in [7, 11) is 0. The standard InChI is InChI=1S/C19H37N7O5S/c1-4-11(2)15(26-16(28)12(20)7-9-32-3)17(29)24-10-14(27)25-13(18(30)31)6-5-8-23-19(21)22/h11-13,15H,4-10,20H2,1-3H3,(H,24,29)(H,25,27)(H,26,28)(H,30,31)(H4,21,22,23). The van der Waals surface area contributed by atoms with Gasteiger partial charge >= 0.3 is 5.97 Å². The molecule has 0 radical (unpaired) electrons. The van der Waals surface area contributed by atoms with Crippen LogP contribution >= 0.6 is 11.8 Å². The van der Waals surface area contributed by atoms with Crippen LogP contribution in [0.25, 0.3) is 0 Å². The fourth-order valence-corrected chi connectivity index (χ4v) is 3.11. The second-order valence-corrected chi connectivity index (χ2v) is 8.37. The van der Waals surface area contributed by atoms with Gasteiger partial charge in [-0.25, -0.2) is 4.79 Å². The molecule has 10 N–H and O–H groups in total. The zero-order chi connectivity index (χ0) is 24.7. The Bertz CT molecular complexity index is 658. The molecule has 32 heavy (non-hydrogen) atoms. The van der Waals surface area contributed by atoms with Gasteiger partial charge in [-0.2, -0.15) is 11.8 Å². The van der Waals surface area contributed by atoms with Crippen LogP contribution in [-0.4, -0.2) is 78.0 Å². The van der Waals surface area contributed by atoms with Crippen molar-refractivity contribution in [3.8, 4) is 0 Å². The Labute approximate surface area is 192 Å². The number of nitrogens with one attached hydrogen (secondary N) is 3. The molecular weight excluding hydrogens is 438 g/mol. The van der Waals surface area contributed by atoms with Crippen molar-refractivity contribution in [3.05, 3.63) is 0 Å². The molecule has 0 heterocycles. The van der Waals surface area contributed by atoms with Crippen LogP contribution in [0.15, 0.2) is 4.99 Å². The number of carbonyl (C=O) groups is 4. The van der Waals surface area contributed by atoms with E-state index in [0.717, 1.165) is 0 Å². The summed E-state index contributed by atoms with van der Waals surface area (Å²) in [5.41, 5.74) is 16.3. The zero-order valence-electron chi connectivity index (χ0n) is 18.9. The lowest BCUT2D eigenvalue weighted by atomic mass is 9.97. The van der Waals surface area contributed by atoms with Crippen LogP contribution in [0.5, 0.6) is 0 Å². The molecule has 4 unspecified atom stereocenters. The van der Waals surface area contributed by atoms with Gasteiger partial charge in [-0.05, 0) is 37.2 Å². The lowest BCUT2D eigenvalue weighted by Gasteiger charge is -2.25. The van der Waals surface area contributed by atoms with E-state index < -0.39 is 48.4 Å². The Morgan fingerprint density at radius 2 is 1.75 bits per heavy atom. The highest BCUT2D eigenvalue weighted by Gasteiger charge is 2.28. The van der Waals surface area contributed by atoms with Gasteiger partial charge in [0.15, 0.2) is 5.96 Å². The van der Waals surface area contributed by atoms with Crippen LogP contribution in [0.4, 0.5) is 0 Å². The molecule has 0 saturated carbocycles.